The van der Waals surface area contributed by atoms with Crippen LogP contribution in [-0.4, -0.2) is 53.7 Å². The lowest BCUT2D eigenvalue weighted by Crippen LogP contribution is -2.50. The van der Waals surface area contributed by atoms with Crippen LogP contribution in [0.15, 0.2) is 48.5 Å². The smallest absolute Gasteiger partial charge is 0.407 e. The van der Waals surface area contributed by atoms with Crippen LogP contribution in [-0.2, 0) is 14.3 Å². The van der Waals surface area contributed by atoms with Gasteiger partial charge in [-0.2, -0.15) is 0 Å². The largest absolute Gasteiger partial charge is 0.481 e. The second kappa shape index (κ2) is 9.72. The van der Waals surface area contributed by atoms with Gasteiger partial charge in [-0.15, -0.1) is 0 Å². The summed E-state index contributed by atoms with van der Waals surface area (Å²) in [7, 11) is 0. The van der Waals surface area contributed by atoms with Crippen LogP contribution in [0, 0.1) is 17.8 Å². The molecular formula is C28H32N2O5. The zero-order valence-corrected chi connectivity index (χ0v) is 20.0. The Kier molecular flexibility index (Phi) is 6.50. The van der Waals surface area contributed by atoms with E-state index in [4.69, 9.17) is 4.74 Å². The highest BCUT2D eigenvalue weighted by atomic mass is 16.5. The molecule has 2 aromatic rings. The molecule has 2 aliphatic carbocycles. The third-order valence-corrected chi connectivity index (χ3v) is 7.87. The molecule has 2 fully saturated rings. The van der Waals surface area contributed by atoms with Crippen LogP contribution in [0.2, 0.25) is 0 Å². The maximum atomic E-state index is 13.3. The number of nitrogens with one attached hydrogen (secondary N) is 1. The van der Waals surface area contributed by atoms with Gasteiger partial charge in [-0.3, -0.25) is 9.59 Å². The van der Waals surface area contributed by atoms with E-state index >= 15 is 0 Å². The fourth-order valence-electron chi connectivity index (χ4n) is 5.97. The van der Waals surface area contributed by atoms with Crippen molar-refractivity contribution in [3.8, 4) is 11.1 Å². The number of nitrogens with zero attached hydrogens (tertiary/aromatic N) is 1. The molecule has 1 aliphatic heterocycles. The molecule has 35 heavy (non-hydrogen) atoms. The molecule has 2 aromatic carbocycles. The topological polar surface area (TPSA) is 95.9 Å². The predicted molar refractivity (Wildman–Crippen MR) is 131 cm³/mol. The van der Waals surface area contributed by atoms with Gasteiger partial charge in [0.05, 0.1) is 5.92 Å². The summed E-state index contributed by atoms with van der Waals surface area (Å²) >= 11 is 0. The zero-order valence-electron chi connectivity index (χ0n) is 20.0. The number of aliphatic carboxylic acids is 1. The van der Waals surface area contributed by atoms with E-state index in [1.54, 1.807) is 4.90 Å². The molecule has 184 valence electrons. The molecule has 0 aromatic heterocycles. The average molecular weight is 477 g/mol. The van der Waals surface area contributed by atoms with Gasteiger partial charge in [0.1, 0.15) is 12.6 Å². The number of piperidine rings is 1. The normalized spacial score (nSPS) is 23.0. The molecule has 0 radical (unpaired) electrons. The molecule has 2 N–H and O–H groups in total. The van der Waals surface area contributed by atoms with Gasteiger partial charge in [0, 0.05) is 19.0 Å². The van der Waals surface area contributed by atoms with E-state index in [-0.39, 0.29) is 36.2 Å². The van der Waals surface area contributed by atoms with Gasteiger partial charge in [-0.05, 0) is 46.9 Å². The van der Waals surface area contributed by atoms with Crippen molar-refractivity contribution < 1.29 is 24.2 Å². The lowest BCUT2D eigenvalue weighted by Gasteiger charge is -2.30. The molecule has 1 heterocycles. The number of carbonyl (C=O) groups excluding carboxylic acids is 2. The Morgan fingerprint density at radius 3 is 2.34 bits per heavy atom. The van der Waals surface area contributed by atoms with Crippen LogP contribution in [0.4, 0.5) is 4.79 Å². The third-order valence-electron chi connectivity index (χ3n) is 7.87. The van der Waals surface area contributed by atoms with Crippen LogP contribution in [0.25, 0.3) is 11.1 Å². The number of likely N-dealkylation sites (tertiary alicyclic amines) is 1. The van der Waals surface area contributed by atoms with Crippen molar-refractivity contribution >= 4 is 18.0 Å². The molecule has 7 heteroatoms. The van der Waals surface area contributed by atoms with Crippen LogP contribution >= 0.6 is 0 Å². The van der Waals surface area contributed by atoms with Gasteiger partial charge in [-0.1, -0.05) is 68.3 Å². The highest BCUT2D eigenvalue weighted by Gasteiger charge is 2.57. The highest BCUT2D eigenvalue weighted by molar-refractivity contribution is 5.86. The number of alkyl carbamates (subject to hydrolysis) is 1. The highest BCUT2D eigenvalue weighted by Crippen LogP contribution is 2.51. The number of unbranched alkanes of at least 4 members (excludes halogenated alkanes) is 1. The Morgan fingerprint density at radius 1 is 1.06 bits per heavy atom. The van der Waals surface area contributed by atoms with Gasteiger partial charge in [0.15, 0.2) is 0 Å². The number of carboxylic acid groups (broad SMARTS) is 1. The Balaban J connectivity index is 1.22. The lowest BCUT2D eigenvalue weighted by molar-refractivity contribution is -0.139. The minimum absolute atomic E-state index is 0.0338. The number of ether oxygens (including phenoxy) is 1. The van der Waals surface area contributed by atoms with E-state index in [9.17, 15) is 19.5 Å². The molecule has 0 spiro atoms. The van der Waals surface area contributed by atoms with Crippen molar-refractivity contribution in [2.24, 2.45) is 17.8 Å². The Morgan fingerprint density at radius 2 is 1.71 bits per heavy atom. The predicted octanol–water partition coefficient (Wildman–Crippen LogP) is 4.26. The summed E-state index contributed by atoms with van der Waals surface area (Å²) < 4.78 is 5.67. The van der Waals surface area contributed by atoms with Gasteiger partial charge in [0.2, 0.25) is 5.91 Å². The minimum Gasteiger partial charge on any atom is -0.481 e. The fraction of sp³-hybridized carbons (Fsp3) is 0.464. The summed E-state index contributed by atoms with van der Waals surface area (Å²) in [5.74, 6) is -1.07. The molecule has 2 unspecified atom stereocenters. The first-order valence-corrected chi connectivity index (χ1v) is 12.6. The Bertz CT molecular complexity index is 1090. The van der Waals surface area contributed by atoms with E-state index < -0.39 is 18.1 Å². The molecule has 7 nitrogen and oxygen atoms in total. The number of carbonyl (C=O) groups is 3. The van der Waals surface area contributed by atoms with Crippen molar-refractivity contribution in [3.63, 3.8) is 0 Å². The maximum Gasteiger partial charge on any atom is 0.407 e. The number of fused-ring (bicyclic) bond motifs is 4. The number of carboxylic acids is 1. The molecule has 1 saturated heterocycles. The quantitative estimate of drug-likeness (QED) is 0.593. The average Bonchev–Trinajstić information content (AvgIpc) is 3.52. The third kappa shape index (κ3) is 4.51. The number of rotatable bonds is 8. The minimum atomic E-state index is -0.770. The summed E-state index contributed by atoms with van der Waals surface area (Å²) in [6.45, 7) is 3.23. The van der Waals surface area contributed by atoms with Crippen molar-refractivity contribution in [1.82, 2.24) is 10.2 Å². The Labute approximate surface area is 205 Å². The van der Waals surface area contributed by atoms with E-state index in [0.29, 0.717) is 25.9 Å². The van der Waals surface area contributed by atoms with Crippen LogP contribution in [0.1, 0.15) is 49.7 Å². The van der Waals surface area contributed by atoms with Crippen molar-refractivity contribution in [3.05, 3.63) is 59.7 Å². The fourth-order valence-corrected chi connectivity index (χ4v) is 5.97. The molecule has 0 bridgehead atoms. The molecule has 5 rings (SSSR count). The van der Waals surface area contributed by atoms with Crippen LogP contribution in [0.5, 0.6) is 0 Å². The Hall–Kier alpha value is -3.35. The summed E-state index contributed by atoms with van der Waals surface area (Å²) in [5.41, 5.74) is 4.60. The SMILES string of the molecule is CCCCC(NC(=O)OCC1c2ccccc2-c2ccccc21)C(=O)N1CC[C@@H]2C(C(=O)O)[C@@H]2C1. The molecule has 3 aliphatic rings. The van der Waals surface area contributed by atoms with Crippen molar-refractivity contribution in [2.75, 3.05) is 19.7 Å². The summed E-state index contributed by atoms with van der Waals surface area (Å²) in [6.07, 6.45) is 2.36. The van der Waals surface area contributed by atoms with Gasteiger partial charge in [0.25, 0.3) is 0 Å². The summed E-state index contributed by atoms with van der Waals surface area (Å²) in [5, 5.41) is 12.2. The van der Waals surface area contributed by atoms with E-state index in [2.05, 4.69) is 29.6 Å². The van der Waals surface area contributed by atoms with E-state index in [0.717, 1.165) is 35.1 Å². The zero-order chi connectivity index (χ0) is 24.5. The van der Waals surface area contributed by atoms with Crippen LogP contribution < -0.4 is 5.32 Å². The molecule has 4 atom stereocenters. The first-order chi connectivity index (χ1) is 17.0. The lowest BCUT2D eigenvalue weighted by atomic mass is 9.98. The number of hydrogen-bond donors (Lipinski definition) is 2. The first kappa shape index (κ1) is 23.4. The standard InChI is InChI=1S/C28H32N2O5/c1-2-3-12-24(26(31)30-14-13-21-22(15-30)25(21)27(32)33)29-28(34)35-16-23-19-10-6-4-8-17(19)18-9-5-7-11-20(18)23/h4-11,21-25H,2-3,12-16H2,1H3,(H,29,34)(H,32,33)/t21-,22+,24?,25?/m0/s1. The number of amides is 2. The van der Waals surface area contributed by atoms with Crippen molar-refractivity contribution in [2.45, 2.75) is 44.6 Å². The monoisotopic (exact) mass is 476 g/mol. The van der Waals surface area contributed by atoms with E-state index in [1.807, 2.05) is 31.2 Å². The maximum absolute atomic E-state index is 13.3. The van der Waals surface area contributed by atoms with Crippen molar-refractivity contribution in [1.29, 1.82) is 0 Å². The number of hydrogen-bond acceptors (Lipinski definition) is 4. The molecule has 2 amide bonds. The van der Waals surface area contributed by atoms with Gasteiger partial charge < -0.3 is 20.1 Å². The second-order valence-electron chi connectivity index (χ2n) is 9.93. The summed E-state index contributed by atoms with van der Waals surface area (Å²) in [4.78, 5) is 39.2. The second-order valence-corrected chi connectivity index (χ2v) is 9.93. The van der Waals surface area contributed by atoms with Gasteiger partial charge in [-0.25, -0.2) is 4.79 Å². The number of benzene rings is 2. The van der Waals surface area contributed by atoms with Gasteiger partial charge >= 0.3 is 12.1 Å². The molecule has 1 saturated carbocycles. The van der Waals surface area contributed by atoms with Crippen LogP contribution in [0.3, 0.4) is 0 Å². The summed E-state index contributed by atoms with van der Waals surface area (Å²) in [6, 6.07) is 15.7. The first-order valence-electron chi connectivity index (χ1n) is 12.6. The molecular weight excluding hydrogens is 444 g/mol. The van der Waals surface area contributed by atoms with E-state index in [1.165, 1.54) is 0 Å².